The number of benzene rings is 1. The molecule has 0 aliphatic rings. The Kier molecular flexibility index (Phi) is 5.40. The molecule has 24 heavy (non-hydrogen) atoms. The summed E-state index contributed by atoms with van der Waals surface area (Å²) in [4.78, 5) is 8.86. The fraction of sp³-hybridized carbons (Fsp3) is 0.375. The van der Waals surface area contributed by atoms with Gasteiger partial charge < -0.3 is 10.1 Å². The zero-order chi connectivity index (χ0) is 17.9. The molecule has 0 radical (unpaired) electrons. The quantitative estimate of drug-likeness (QED) is 0.857. The van der Waals surface area contributed by atoms with Crippen LogP contribution in [-0.4, -0.2) is 43.9 Å². The Bertz CT molecular complexity index is 818. The number of nitrogens with one attached hydrogen (secondary N) is 1. The number of nitrogens with zero attached hydrogens (tertiary/aromatic N) is 3. The molecule has 1 aromatic carbocycles. The van der Waals surface area contributed by atoms with Crippen molar-refractivity contribution in [3.63, 3.8) is 0 Å². The van der Waals surface area contributed by atoms with Crippen molar-refractivity contribution in [2.75, 3.05) is 26.5 Å². The van der Waals surface area contributed by atoms with Crippen molar-refractivity contribution < 1.29 is 13.2 Å². The maximum absolute atomic E-state index is 12.1. The lowest BCUT2D eigenvalue weighted by Crippen LogP contribution is -2.22. The fourth-order valence-corrected chi connectivity index (χ4v) is 3.05. The van der Waals surface area contributed by atoms with E-state index in [2.05, 4.69) is 15.3 Å². The van der Waals surface area contributed by atoms with Gasteiger partial charge in [-0.1, -0.05) is 12.1 Å². The number of anilines is 1. The van der Waals surface area contributed by atoms with E-state index in [9.17, 15) is 8.42 Å². The van der Waals surface area contributed by atoms with Gasteiger partial charge in [0.05, 0.1) is 17.6 Å². The fourth-order valence-electron chi connectivity index (χ4n) is 2.15. The van der Waals surface area contributed by atoms with Gasteiger partial charge in [-0.15, -0.1) is 0 Å². The molecule has 1 N–H and O–H groups in total. The number of hydrogen-bond acceptors (Lipinski definition) is 6. The van der Waals surface area contributed by atoms with Crippen LogP contribution in [0.3, 0.4) is 0 Å². The Hall–Kier alpha value is -2.19. The van der Waals surface area contributed by atoms with Gasteiger partial charge in [-0.25, -0.2) is 17.7 Å². The summed E-state index contributed by atoms with van der Waals surface area (Å²) in [7, 11) is 1.19. The van der Waals surface area contributed by atoms with Crippen LogP contribution in [0.2, 0.25) is 0 Å². The lowest BCUT2D eigenvalue weighted by molar-refractivity contribution is 0.392. The zero-order valence-electron chi connectivity index (χ0n) is 14.5. The van der Waals surface area contributed by atoms with Crippen molar-refractivity contribution >= 4 is 15.8 Å². The summed E-state index contributed by atoms with van der Waals surface area (Å²) < 4.78 is 30.5. The number of aryl methyl sites for hydroxylation is 1. The van der Waals surface area contributed by atoms with Crippen molar-refractivity contribution in [3.05, 3.63) is 41.2 Å². The van der Waals surface area contributed by atoms with Crippen molar-refractivity contribution in [1.82, 2.24) is 14.3 Å². The van der Waals surface area contributed by atoms with Gasteiger partial charge in [0.25, 0.3) is 0 Å². The van der Waals surface area contributed by atoms with Crippen molar-refractivity contribution in [2.24, 2.45) is 0 Å². The normalized spacial score (nSPS) is 11.6. The number of sulfonamides is 1. The molecule has 2 aromatic rings. The predicted molar refractivity (Wildman–Crippen MR) is 92.7 cm³/mol. The van der Waals surface area contributed by atoms with Crippen LogP contribution in [0.25, 0.3) is 0 Å². The molecule has 130 valence electrons. The van der Waals surface area contributed by atoms with Gasteiger partial charge in [0.1, 0.15) is 11.6 Å². The molecule has 7 nitrogen and oxygen atoms in total. The molecule has 0 bridgehead atoms. The highest BCUT2D eigenvalue weighted by Crippen LogP contribution is 2.22. The minimum atomic E-state index is -3.41. The third-order valence-electron chi connectivity index (χ3n) is 3.57. The molecule has 0 aliphatic carbocycles. The summed E-state index contributed by atoms with van der Waals surface area (Å²) in [6, 6.07) is 6.77. The Morgan fingerprint density at radius 2 is 1.75 bits per heavy atom. The third kappa shape index (κ3) is 3.82. The Balaban J connectivity index is 2.15. The lowest BCUT2D eigenvalue weighted by atomic mass is 10.2. The van der Waals surface area contributed by atoms with E-state index in [1.54, 1.807) is 38.3 Å². The third-order valence-corrected chi connectivity index (χ3v) is 5.40. The lowest BCUT2D eigenvalue weighted by Gasteiger charge is -2.13. The highest BCUT2D eigenvalue weighted by molar-refractivity contribution is 7.89. The summed E-state index contributed by atoms with van der Waals surface area (Å²) in [6.45, 7) is 4.20. The van der Waals surface area contributed by atoms with Gasteiger partial charge in [0.15, 0.2) is 0 Å². The first-order valence-electron chi connectivity index (χ1n) is 7.40. The first-order valence-corrected chi connectivity index (χ1v) is 8.84. The highest BCUT2D eigenvalue weighted by atomic mass is 32.2. The summed E-state index contributed by atoms with van der Waals surface area (Å²) in [5.41, 5.74) is 1.78. The molecule has 0 spiro atoms. The second-order valence-corrected chi connectivity index (χ2v) is 7.69. The van der Waals surface area contributed by atoms with Crippen LogP contribution < -0.4 is 10.1 Å². The van der Waals surface area contributed by atoms with E-state index in [4.69, 9.17) is 4.74 Å². The van der Waals surface area contributed by atoms with Crippen LogP contribution in [0, 0.1) is 13.8 Å². The summed E-state index contributed by atoms with van der Waals surface area (Å²) in [5, 5.41) is 3.23. The topological polar surface area (TPSA) is 84.4 Å². The number of methoxy groups -OCH3 is 1. The molecular weight excluding hydrogens is 328 g/mol. The van der Waals surface area contributed by atoms with E-state index in [0.29, 0.717) is 24.1 Å². The predicted octanol–water partition coefficient (Wildman–Crippen LogP) is 1.96. The summed E-state index contributed by atoms with van der Waals surface area (Å²) >= 11 is 0. The van der Waals surface area contributed by atoms with Crippen LogP contribution in [0.1, 0.15) is 17.0 Å². The largest absolute Gasteiger partial charge is 0.481 e. The van der Waals surface area contributed by atoms with Crippen molar-refractivity contribution in [2.45, 2.75) is 25.3 Å². The summed E-state index contributed by atoms with van der Waals surface area (Å²) in [5.74, 6) is 1.86. The van der Waals surface area contributed by atoms with E-state index < -0.39 is 10.0 Å². The van der Waals surface area contributed by atoms with E-state index in [-0.39, 0.29) is 4.90 Å². The van der Waals surface area contributed by atoms with Crippen molar-refractivity contribution in [1.29, 1.82) is 0 Å². The van der Waals surface area contributed by atoms with Gasteiger partial charge in [0, 0.05) is 20.6 Å². The first-order chi connectivity index (χ1) is 11.3. The van der Waals surface area contributed by atoms with Crippen LogP contribution in [0.5, 0.6) is 5.88 Å². The Labute approximate surface area is 142 Å². The number of aromatic nitrogens is 2. The molecule has 2 rings (SSSR count). The van der Waals surface area contributed by atoms with E-state index in [1.807, 2.05) is 6.92 Å². The average molecular weight is 350 g/mol. The molecule has 1 aromatic heterocycles. The highest BCUT2D eigenvalue weighted by Gasteiger charge is 2.16. The van der Waals surface area contributed by atoms with Gasteiger partial charge in [-0.2, -0.15) is 4.98 Å². The van der Waals surface area contributed by atoms with Crippen LogP contribution in [0.15, 0.2) is 29.2 Å². The number of ether oxygens (including phenoxy) is 1. The molecule has 0 saturated carbocycles. The standard InChI is InChI=1S/C16H22N4O3S/c1-11-15(18-12(2)19-16(11)23-5)17-10-13-6-8-14(9-7-13)24(21,22)20(3)4/h6-9H,10H2,1-5H3,(H,17,18,19). The molecule has 0 amide bonds. The van der Waals surface area contributed by atoms with Gasteiger partial charge in [0.2, 0.25) is 15.9 Å². The zero-order valence-corrected chi connectivity index (χ0v) is 15.3. The first kappa shape index (κ1) is 18.2. The van der Waals surface area contributed by atoms with Crippen LogP contribution in [0.4, 0.5) is 5.82 Å². The monoisotopic (exact) mass is 350 g/mol. The SMILES string of the molecule is COc1nc(C)nc(NCc2ccc(S(=O)(=O)N(C)C)cc2)c1C. The number of rotatable bonds is 6. The number of hydrogen-bond donors (Lipinski definition) is 1. The van der Waals surface area contributed by atoms with Gasteiger partial charge in [-0.3, -0.25) is 0 Å². The smallest absolute Gasteiger partial charge is 0.242 e. The summed E-state index contributed by atoms with van der Waals surface area (Å²) in [6.07, 6.45) is 0. The molecule has 8 heteroatoms. The Morgan fingerprint density at radius 3 is 2.29 bits per heavy atom. The maximum Gasteiger partial charge on any atom is 0.242 e. The maximum atomic E-state index is 12.1. The van der Waals surface area contributed by atoms with Gasteiger partial charge in [-0.05, 0) is 31.5 Å². The molecular formula is C16H22N4O3S. The van der Waals surface area contributed by atoms with Gasteiger partial charge >= 0.3 is 0 Å². The molecule has 1 heterocycles. The minimum Gasteiger partial charge on any atom is -0.481 e. The van der Waals surface area contributed by atoms with E-state index in [1.165, 1.54) is 18.4 Å². The van der Waals surface area contributed by atoms with Crippen LogP contribution >= 0.6 is 0 Å². The second kappa shape index (κ2) is 7.14. The van der Waals surface area contributed by atoms with Crippen molar-refractivity contribution in [3.8, 4) is 5.88 Å². The molecule has 0 saturated heterocycles. The second-order valence-electron chi connectivity index (χ2n) is 5.54. The molecule has 0 unspecified atom stereocenters. The molecule has 0 aliphatic heterocycles. The van der Waals surface area contributed by atoms with E-state index >= 15 is 0 Å². The Morgan fingerprint density at radius 1 is 1.12 bits per heavy atom. The molecule has 0 fully saturated rings. The molecule has 0 atom stereocenters. The van der Waals surface area contributed by atoms with Crippen LogP contribution in [-0.2, 0) is 16.6 Å². The van der Waals surface area contributed by atoms with E-state index in [0.717, 1.165) is 11.1 Å². The minimum absolute atomic E-state index is 0.270. The average Bonchev–Trinajstić information content (AvgIpc) is 2.55.